The predicted octanol–water partition coefficient (Wildman–Crippen LogP) is 1.97. The molecular weight excluding hydrogens is 200 g/mol. The third kappa shape index (κ3) is 2.10. The van der Waals surface area contributed by atoms with Gasteiger partial charge >= 0.3 is 0 Å². The molecule has 2 unspecified atom stereocenters. The monoisotopic (exact) mass is 222 g/mol. The minimum absolute atomic E-state index is 0.486. The highest BCUT2D eigenvalue weighted by atomic mass is 16.5. The summed E-state index contributed by atoms with van der Waals surface area (Å²) in [7, 11) is 0. The number of ether oxygens (including phenoxy) is 1. The quantitative estimate of drug-likeness (QED) is 0.775. The summed E-state index contributed by atoms with van der Waals surface area (Å²) in [5.41, 5.74) is 0. The molecule has 16 heavy (non-hydrogen) atoms. The number of rotatable bonds is 2. The van der Waals surface area contributed by atoms with Crippen molar-refractivity contribution in [3.8, 4) is 0 Å². The van der Waals surface area contributed by atoms with E-state index in [1.165, 1.54) is 38.5 Å². The molecule has 1 saturated carbocycles. The van der Waals surface area contributed by atoms with Crippen molar-refractivity contribution in [1.29, 1.82) is 0 Å². The summed E-state index contributed by atoms with van der Waals surface area (Å²) in [5.74, 6) is 2.43. The minimum atomic E-state index is 0.486. The summed E-state index contributed by atoms with van der Waals surface area (Å²) < 4.78 is 5.83. The van der Waals surface area contributed by atoms with Crippen LogP contribution in [0.1, 0.15) is 38.5 Å². The summed E-state index contributed by atoms with van der Waals surface area (Å²) in [5, 5.41) is 3.44. The summed E-state index contributed by atoms with van der Waals surface area (Å²) in [6.07, 6.45) is 8.06. The van der Waals surface area contributed by atoms with Gasteiger partial charge in [-0.15, -0.1) is 0 Å². The number of hydrogen-bond acceptors (Lipinski definition) is 3. The van der Waals surface area contributed by atoms with Crippen LogP contribution in [0.4, 0.5) is 0 Å². The van der Waals surface area contributed by atoms with Gasteiger partial charge in [-0.2, -0.15) is 0 Å². The molecule has 0 aromatic heterocycles. The Hall–Kier alpha value is -0.570. The van der Waals surface area contributed by atoms with Crippen molar-refractivity contribution >= 4 is 5.90 Å². The highest BCUT2D eigenvalue weighted by molar-refractivity contribution is 5.80. The van der Waals surface area contributed by atoms with Crippen LogP contribution in [0.5, 0.6) is 0 Å². The highest BCUT2D eigenvalue weighted by Crippen LogP contribution is 2.32. The Bertz CT molecular complexity index is 265. The van der Waals surface area contributed by atoms with Gasteiger partial charge in [-0.05, 0) is 38.1 Å². The van der Waals surface area contributed by atoms with Gasteiger partial charge in [-0.1, -0.05) is 12.8 Å². The maximum absolute atomic E-state index is 5.83. The fourth-order valence-electron chi connectivity index (χ4n) is 3.28. The van der Waals surface area contributed by atoms with E-state index in [2.05, 4.69) is 5.32 Å². The first kappa shape index (κ1) is 10.6. The highest BCUT2D eigenvalue weighted by Gasteiger charge is 2.32. The summed E-state index contributed by atoms with van der Waals surface area (Å²) in [6, 6.07) is 0.486. The largest absolute Gasteiger partial charge is 0.478 e. The Kier molecular flexibility index (Phi) is 3.13. The van der Waals surface area contributed by atoms with Gasteiger partial charge in [0.15, 0.2) is 5.90 Å². The molecule has 0 bridgehead atoms. The molecule has 2 atom stereocenters. The van der Waals surface area contributed by atoms with Crippen molar-refractivity contribution in [2.75, 3.05) is 19.7 Å². The Morgan fingerprint density at radius 2 is 2.00 bits per heavy atom. The number of piperidine rings is 1. The topological polar surface area (TPSA) is 33.6 Å². The van der Waals surface area contributed by atoms with Crippen molar-refractivity contribution < 1.29 is 4.74 Å². The van der Waals surface area contributed by atoms with Crippen LogP contribution in [-0.2, 0) is 4.74 Å². The molecule has 1 aliphatic carbocycles. The van der Waals surface area contributed by atoms with E-state index in [0.29, 0.717) is 12.0 Å². The Morgan fingerprint density at radius 1 is 1.12 bits per heavy atom. The maximum Gasteiger partial charge on any atom is 0.188 e. The van der Waals surface area contributed by atoms with E-state index in [-0.39, 0.29) is 0 Å². The number of nitrogens with zero attached hydrogens (tertiary/aromatic N) is 1. The van der Waals surface area contributed by atoms with Gasteiger partial charge < -0.3 is 10.1 Å². The summed E-state index contributed by atoms with van der Waals surface area (Å²) in [4.78, 5) is 4.85. The standard InChI is InChI=1S/C13H22N2O/c1-2-5-10(4-1)12-9-16-13(15-12)11-6-3-7-14-8-11/h10-12,14H,1-9H2. The van der Waals surface area contributed by atoms with Crippen LogP contribution in [0.2, 0.25) is 0 Å². The lowest BCUT2D eigenvalue weighted by Crippen LogP contribution is -2.34. The molecule has 2 heterocycles. The second-order valence-corrected chi connectivity index (χ2v) is 5.43. The molecular formula is C13H22N2O. The maximum atomic E-state index is 5.83. The molecule has 0 aromatic rings. The van der Waals surface area contributed by atoms with Gasteiger partial charge in [-0.3, -0.25) is 0 Å². The van der Waals surface area contributed by atoms with Gasteiger partial charge in [-0.25, -0.2) is 4.99 Å². The van der Waals surface area contributed by atoms with Gasteiger partial charge in [0.25, 0.3) is 0 Å². The van der Waals surface area contributed by atoms with E-state index >= 15 is 0 Å². The number of hydrogen-bond donors (Lipinski definition) is 1. The van der Waals surface area contributed by atoms with Gasteiger partial charge in [0.1, 0.15) is 6.61 Å². The first-order valence-electron chi connectivity index (χ1n) is 6.84. The molecule has 3 aliphatic rings. The lowest BCUT2D eigenvalue weighted by molar-refractivity contribution is 0.259. The lowest BCUT2D eigenvalue weighted by Gasteiger charge is -2.21. The molecule has 3 nitrogen and oxygen atoms in total. The van der Waals surface area contributed by atoms with Crippen LogP contribution in [-0.4, -0.2) is 31.6 Å². The Labute approximate surface area is 97.7 Å². The molecule has 1 N–H and O–H groups in total. The van der Waals surface area contributed by atoms with E-state index in [0.717, 1.165) is 31.5 Å². The smallest absolute Gasteiger partial charge is 0.188 e. The van der Waals surface area contributed by atoms with Crippen LogP contribution < -0.4 is 5.32 Å². The molecule has 0 aromatic carbocycles. The zero-order chi connectivity index (χ0) is 10.8. The minimum Gasteiger partial charge on any atom is -0.478 e. The average molecular weight is 222 g/mol. The van der Waals surface area contributed by atoms with Crippen LogP contribution in [0.3, 0.4) is 0 Å². The van der Waals surface area contributed by atoms with Crippen molar-refractivity contribution in [3.63, 3.8) is 0 Å². The second-order valence-electron chi connectivity index (χ2n) is 5.43. The van der Waals surface area contributed by atoms with E-state index in [1.54, 1.807) is 0 Å². The molecule has 0 radical (unpaired) electrons. The van der Waals surface area contributed by atoms with E-state index in [1.807, 2.05) is 0 Å². The molecule has 3 heteroatoms. The third-order valence-corrected chi connectivity index (χ3v) is 4.29. The summed E-state index contributed by atoms with van der Waals surface area (Å²) >= 11 is 0. The zero-order valence-corrected chi connectivity index (χ0v) is 9.95. The fourth-order valence-corrected chi connectivity index (χ4v) is 3.28. The molecule has 0 spiro atoms. The molecule has 3 rings (SSSR count). The van der Waals surface area contributed by atoms with Gasteiger partial charge in [0.05, 0.1) is 6.04 Å². The predicted molar refractivity (Wildman–Crippen MR) is 64.7 cm³/mol. The van der Waals surface area contributed by atoms with Gasteiger partial charge in [0.2, 0.25) is 0 Å². The van der Waals surface area contributed by atoms with E-state index in [4.69, 9.17) is 9.73 Å². The van der Waals surface area contributed by atoms with Gasteiger partial charge in [0, 0.05) is 12.5 Å². The Balaban J connectivity index is 1.61. The van der Waals surface area contributed by atoms with E-state index < -0.39 is 0 Å². The van der Waals surface area contributed by atoms with E-state index in [9.17, 15) is 0 Å². The first-order valence-corrected chi connectivity index (χ1v) is 6.84. The van der Waals surface area contributed by atoms with Crippen molar-refractivity contribution in [2.45, 2.75) is 44.6 Å². The molecule has 0 amide bonds. The van der Waals surface area contributed by atoms with Crippen LogP contribution in [0.15, 0.2) is 4.99 Å². The third-order valence-electron chi connectivity index (χ3n) is 4.29. The molecule has 1 saturated heterocycles. The van der Waals surface area contributed by atoms with Crippen LogP contribution >= 0.6 is 0 Å². The lowest BCUT2D eigenvalue weighted by atomic mass is 9.98. The first-order chi connectivity index (χ1) is 7.93. The summed E-state index contributed by atoms with van der Waals surface area (Å²) in [6.45, 7) is 3.09. The molecule has 90 valence electrons. The van der Waals surface area contributed by atoms with Crippen molar-refractivity contribution in [1.82, 2.24) is 5.32 Å². The fraction of sp³-hybridized carbons (Fsp3) is 0.923. The number of nitrogens with one attached hydrogen (secondary N) is 1. The second kappa shape index (κ2) is 4.74. The number of aliphatic imine (C=N–C) groups is 1. The normalized spacial score (nSPS) is 36.1. The van der Waals surface area contributed by atoms with Crippen molar-refractivity contribution in [3.05, 3.63) is 0 Å². The Morgan fingerprint density at radius 3 is 2.75 bits per heavy atom. The zero-order valence-electron chi connectivity index (χ0n) is 9.95. The molecule has 2 fully saturated rings. The SMILES string of the molecule is C1CNCC(C2=NC(C3CCCC3)CO2)C1. The van der Waals surface area contributed by atoms with Crippen LogP contribution in [0, 0.1) is 11.8 Å². The van der Waals surface area contributed by atoms with Crippen LogP contribution in [0.25, 0.3) is 0 Å². The average Bonchev–Trinajstić information content (AvgIpc) is 3.01. The molecule has 2 aliphatic heterocycles. The van der Waals surface area contributed by atoms with Crippen molar-refractivity contribution in [2.24, 2.45) is 16.8 Å².